The van der Waals surface area contributed by atoms with Crippen LogP contribution in [0.15, 0.2) is 24.3 Å². The van der Waals surface area contributed by atoms with E-state index in [4.69, 9.17) is 4.74 Å². The minimum atomic E-state index is -0.794. The number of unbranched alkanes of at least 4 members (excludes halogenated alkanes) is 33. The molecule has 0 saturated carbocycles. The highest BCUT2D eigenvalue weighted by molar-refractivity contribution is 5.77. The van der Waals surface area contributed by atoms with Gasteiger partial charge in [0.15, 0.2) is 0 Å². The average Bonchev–Trinajstić information content (AvgIpc) is 3.24. The fraction of sp³-hybridized carbons (Fsp3) is 0.889. The quantitative estimate of drug-likeness (QED) is 0.0322. The number of carbonyl (C=O) groups excluding carboxylic acids is 2. The summed E-state index contributed by atoms with van der Waals surface area (Å²) in [5.74, 6) is -0.506. The molecular formula is C54H103NO5. The van der Waals surface area contributed by atoms with Crippen molar-refractivity contribution in [1.29, 1.82) is 0 Å². The van der Waals surface area contributed by atoms with E-state index in [0.717, 1.165) is 57.8 Å². The molecule has 1 amide bonds. The molecule has 0 radical (unpaired) electrons. The number of hydrogen-bond donors (Lipinski definition) is 3. The molecule has 0 rings (SSSR count). The van der Waals surface area contributed by atoms with E-state index in [0.29, 0.717) is 19.3 Å². The maximum absolute atomic E-state index is 13.2. The van der Waals surface area contributed by atoms with E-state index in [-0.39, 0.29) is 24.9 Å². The Balaban J connectivity index is 4.60. The summed E-state index contributed by atoms with van der Waals surface area (Å²) in [5, 5.41) is 23.8. The van der Waals surface area contributed by atoms with Gasteiger partial charge >= 0.3 is 5.97 Å². The summed E-state index contributed by atoms with van der Waals surface area (Å²) in [5.41, 5.74) is 0. The van der Waals surface area contributed by atoms with E-state index >= 15 is 0 Å². The molecule has 0 aliphatic carbocycles. The first-order valence-electron chi connectivity index (χ1n) is 26.6. The van der Waals surface area contributed by atoms with Gasteiger partial charge in [0.05, 0.1) is 25.2 Å². The molecule has 0 aliphatic heterocycles. The molecule has 0 fully saturated rings. The predicted molar refractivity (Wildman–Crippen MR) is 260 cm³/mol. The lowest BCUT2D eigenvalue weighted by molar-refractivity contribution is -0.151. The van der Waals surface area contributed by atoms with Gasteiger partial charge in [-0.15, -0.1) is 0 Å². The van der Waals surface area contributed by atoms with E-state index in [1.807, 2.05) is 0 Å². The van der Waals surface area contributed by atoms with Crippen molar-refractivity contribution in [3.8, 4) is 0 Å². The third-order valence-electron chi connectivity index (χ3n) is 12.3. The van der Waals surface area contributed by atoms with Gasteiger partial charge in [-0.25, -0.2) is 0 Å². The van der Waals surface area contributed by atoms with Crippen molar-refractivity contribution in [3.63, 3.8) is 0 Å². The second kappa shape index (κ2) is 48.4. The number of rotatable bonds is 48. The summed E-state index contributed by atoms with van der Waals surface area (Å²) in [6.45, 7) is 6.48. The summed E-state index contributed by atoms with van der Waals surface area (Å²) >= 11 is 0. The molecule has 0 aliphatic rings. The number of carbonyl (C=O) groups is 2. The number of allylic oxidation sites excluding steroid dienone is 4. The van der Waals surface area contributed by atoms with Gasteiger partial charge in [0.1, 0.15) is 6.10 Å². The molecule has 0 heterocycles. The fourth-order valence-electron chi connectivity index (χ4n) is 8.25. The highest BCUT2D eigenvalue weighted by Gasteiger charge is 2.24. The summed E-state index contributed by atoms with van der Waals surface area (Å²) < 4.78 is 5.91. The van der Waals surface area contributed by atoms with Crippen molar-refractivity contribution in [2.24, 2.45) is 0 Å². The minimum Gasteiger partial charge on any atom is -0.462 e. The second-order valence-electron chi connectivity index (χ2n) is 18.3. The lowest BCUT2D eigenvalue weighted by Gasteiger charge is -2.24. The van der Waals surface area contributed by atoms with Crippen LogP contribution in [0.25, 0.3) is 0 Å². The Kier molecular flexibility index (Phi) is 47.0. The van der Waals surface area contributed by atoms with Crippen molar-refractivity contribution >= 4 is 11.9 Å². The Morgan fingerprint density at radius 2 is 0.850 bits per heavy atom. The van der Waals surface area contributed by atoms with E-state index in [2.05, 4.69) is 50.4 Å². The highest BCUT2D eigenvalue weighted by Crippen LogP contribution is 2.18. The Morgan fingerprint density at radius 3 is 1.27 bits per heavy atom. The maximum atomic E-state index is 13.2. The van der Waals surface area contributed by atoms with Crippen molar-refractivity contribution in [3.05, 3.63) is 24.3 Å². The van der Waals surface area contributed by atoms with Crippen LogP contribution >= 0.6 is 0 Å². The zero-order chi connectivity index (χ0) is 43.8. The zero-order valence-corrected chi connectivity index (χ0v) is 40.4. The number of aliphatic hydroxyl groups is 2. The van der Waals surface area contributed by atoms with Crippen LogP contribution in [-0.4, -0.2) is 46.9 Å². The van der Waals surface area contributed by atoms with Crippen LogP contribution in [0.5, 0.6) is 0 Å². The molecule has 0 spiro atoms. The van der Waals surface area contributed by atoms with Gasteiger partial charge in [-0.3, -0.25) is 9.59 Å². The molecule has 354 valence electrons. The smallest absolute Gasteiger partial charge is 0.306 e. The van der Waals surface area contributed by atoms with Gasteiger partial charge in [-0.1, -0.05) is 251 Å². The van der Waals surface area contributed by atoms with E-state index in [1.54, 1.807) is 0 Å². The molecular weight excluding hydrogens is 743 g/mol. The van der Waals surface area contributed by atoms with Crippen LogP contribution in [0, 0.1) is 0 Å². The minimum absolute atomic E-state index is 0.0501. The third-order valence-corrected chi connectivity index (χ3v) is 12.3. The van der Waals surface area contributed by atoms with Crippen LogP contribution in [0.3, 0.4) is 0 Å². The van der Waals surface area contributed by atoms with Gasteiger partial charge in [0, 0.05) is 6.42 Å². The summed E-state index contributed by atoms with van der Waals surface area (Å²) in [6.07, 6.45) is 55.3. The number of esters is 1. The maximum Gasteiger partial charge on any atom is 0.306 e. The van der Waals surface area contributed by atoms with Gasteiger partial charge < -0.3 is 20.3 Å². The van der Waals surface area contributed by atoms with Crippen molar-refractivity contribution < 1.29 is 24.5 Å². The fourth-order valence-corrected chi connectivity index (χ4v) is 8.25. The Labute approximate surface area is 373 Å². The zero-order valence-electron chi connectivity index (χ0n) is 40.4. The van der Waals surface area contributed by atoms with Crippen molar-refractivity contribution in [2.45, 2.75) is 302 Å². The van der Waals surface area contributed by atoms with Crippen LogP contribution in [0.4, 0.5) is 0 Å². The number of hydrogen-bond acceptors (Lipinski definition) is 5. The van der Waals surface area contributed by atoms with Gasteiger partial charge in [-0.05, 0) is 44.9 Å². The lowest BCUT2D eigenvalue weighted by Crippen LogP contribution is -2.46. The molecule has 60 heavy (non-hydrogen) atoms. The predicted octanol–water partition coefficient (Wildman–Crippen LogP) is 15.9. The SMILES string of the molecule is CCCCCCCCC/C=C/C=C/CCCC(CC(=O)NC(CO)C(O)CCCCCCCCCCCCCCC)OC(=O)CCCCCCCCCCCCCCCC. The first kappa shape index (κ1) is 58.3. The normalized spacial score (nSPS) is 13.3. The van der Waals surface area contributed by atoms with Crippen LogP contribution in [0.2, 0.25) is 0 Å². The monoisotopic (exact) mass is 846 g/mol. The van der Waals surface area contributed by atoms with Crippen LogP contribution in [0.1, 0.15) is 284 Å². The molecule has 0 saturated heterocycles. The summed E-state index contributed by atoms with van der Waals surface area (Å²) in [7, 11) is 0. The van der Waals surface area contributed by atoms with E-state index in [1.165, 1.54) is 180 Å². The third kappa shape index (κ3) is 43.0. The molecule has 0 aromatic heterocycles. The van der Waals surface area contributed by atoms with Gasteiger partial charge in [0.25, 0.3) is 0 Å². The standard InChI is InChI=1S/C54H103NO5/c1-4-7-10-13-16-19-22-25-28-30-33-36-39-42-45-50(60-54(59)47-44-41-38-35-32-29-26-23-20-17-14-11-8-5-2)48-53(58)55-51(49-56)52(57)46-43-40-37-34-31-27-24-21-18-15-12-9-6-3/h28,30,33,36,50-52,56-57H,4-27,29,31-32,34-35,37-49H2,1-3H3,(H,55,58)/b30-28+,36-33+. The molecule has 3 N–H and O–H groups in total. The molecule has 0 aromatic rings. The van der Waals surface area contributed by atoms with Crippen molar-refractivity contribution in [1.82, 2.24) is 5.32 Å². The molecule has 3 unspecified atom stereocenters. The molecule has 6 heteroatoms. The Bertz CT molecular complexity index is 950. The van der Waals surface area contributed by atoms with Gasteiger partial charge in [0.2, 0.25) is 5.91 Å². The van der Waals surface area contributed by atoms with E-state index in [9.17, 15) is 19.8 Å². The summed E-state index contributed by atoms with van der Waals surface area (Å²) in [6, 6.07) is -0.711. The number of ether oxygens (including phenoxy) is 1. The molecule has 6 nitrogen and oxygen atoms in total. The molecule has 0 bridgehead atoms. The van der Waals surface area contributed by atoms with Crippen LogP contribution < -0.4 is 5.32 Å². The first-order chi connectivity index (χ1) is 29.5. The van der Waals surface area contributed by atoms with Crippen LogP contribution in [-0.2, 0) is 14.3 Å². The number of amides is 1. The van der Waals surface area contributed by atoms with Crippen molar-refractivity contribution in [2.75, 3.05) is 6.61 Å². The number of aliphatic hydroxyl groups excluding tert-OH is 2. The topological polar surface area (TPSA) is 95.9 Å². The highest BCUT2D eigenvalue weighted by atomic mass is 16.5. The van der Waals surface area contributed by atoms with Gasteiger partial charge in [-0.2, -0.15) is 0 Å². The summed E-state index contributed by atoms with van der Waals surface area (Å²) in [4.78, 5) is 26.1. The Hall–Kier alpha value is -1.66. The molecule has 3 atom stereocenters. The largest absolute Gasteiger partial charge is 0.462 e. The molecule has 0 aromatic carbocycles. The lowest BCUT2D eigenvalue weighted by atomic mass is 10.0. The second-order valence-corrected chi connectivity index (χ2v) is 18.3. The van der Waals surface area contributed by atoms with E-state index < -0.39 is 18.2 Å². The Morgan fingerprint density at radius 1 is 0.483 bits per heavy atom. The average molecular weight is 846 g/mol. The first-order valence-corrected chi connectivity index (χ1v) is 26.6. The number of nitrogens with one attached hydrogen (secondary N) is 1.